The van der Waals surface area contributed by atoms with Crippen LogP contribution in [0.5, 0.6) is 0 Å². The van der Waals surface area contributed by atoms with Gasteiger partial charge in [0.05, 0.1) is 38.6 Å². The zero-order chi connectivity index (χ0) is 13.2. The van der Waals surface area contributed by atoms with E-state index in [-0.39, 0.29) is 12.2 Å². The van der Waals surface area contributed by atoms with Crippen molar-refractivity contribution in [3.63, 3.8) is 0 Å². The molecule has 0 aromatic rings. The monoisotopic (exact) mass is 261 g/mol. The Bertz CT molecular complexity index is 203. The number of hydrogen-bond donors (Lipinski definition) is 1. The van der Waals surface area contributed by atoms with E-state index in [0.717, 1.165) is 19.4 Å². The van der Waals surface area contributed by atoms with Crippen molar-refractivity contribution in [2.24, 2.45) is 0 Å². The minimum Gasteiger partial charge on any atom is -0.382 e. The average Bonchev–Trinajstić information content (AvgIpc) is 2.36. The lowest BCUT2D eigenvalue weighted by Gasteiger charge is -2.43. The molecule has 18 heavy (non-hydrogen) atoms. The molecule has 1 N–H and O–H groups in total. The van der Waals surface area contributed by atoms with Gasteiger partial charge in [-0.1, -0.05) is 6.92 Å². The van der Waals surface area contributed by atoms with E-state index in [1.807, 2.05) is 7.05 Å². The lowest BCUT2D eigenvalue weighted by atomic mass is 9.85. The third-order valence-electron chi connectivity index (χ3n) is 3.13. The Morgan fingerprint density at radius 2 is 1.83 bits per heavy atom. The summed E-state index contributed by atoms with van der Waals surface area (Å²) in [4.78, 5) is 0. The Balaban J connectivity index is 2.06. The molecule has 0 aromatic carbocycles. The van der Waals surface area contributed by atoms with E-state index in [1.165, 1.54) is 0 Å². The normalized spacial score (nSPS) is 27.2. The van der Waals surface area contributed by atoms with E-state index in [1.54, 1.807) is 7.11 Å². The van der Waals surface area contributed by atoms with Crippen molar-refractivity contribution in [3.8, 4) is 0 Å². The quantitative estimate of drug-likeness (QED) is 0.558. The largest absolute Gasteiger partial charge is 0.382 e. The molecule has 108 valence electrons. The number of methoxy groups -OCH3 is 1. The van der Waals surface area contributed by atoms with Crippen LogP contribution in [0, 0.1) is 0 Å². The van der Waals surface area contributed by atoms with Gasteiger partial charge in [0.25, 0.3) is 0 Å². The topological polar surface area (TPSA) is 49.0 Å². The van der Waals surface area contributed by atoms with Crippen LogP contribution in [-0.2, 0) is 18.9 Å². The van der Waals surface area contributed by atoms with Crippen LogP contribution in [0.3, 0.4) is 0 Å². The molecule has 1 aliphatic carbocycles. The summed E-state index contributed by atoms with van der Waals surface area (Å²) < 4.78 is 21.8. The molecule has 5 heteroatoms. The lowest BCUT2D eigenvalue weighted by molar-refractivity contribution is -0.152. The van der Waals surface area contributed by atoms with Crippen LogP contribution in [0.1, 0.15) is 19.8 Å². The van der Waals surface area contributed by atoms with E-state index in [9.17, 15) is 0 Å². The van der Waals surface area contributed by atoms with Crippen LogP contribution in [0.25, 0.3) is 0 Å². The maximum atomic E-state index is 5.79. The Labute approximate surface area is 110 Å². The molecule has 0 heterocycles. The van der Waals surface area contributed by atoms with Gasteiger partial charge in [0.1, 0.15) is 0 Å². The third kappa shape index (κ3) is 5.20. The van der Waals surface area contributed by atoms with Crippen molar-refractivity contribution in [2.45, 2.75) is 38.0 Å². The predicted molar refractivity (Wildman–Crippen MR) is 69.9 cm³/mol. The molecule has 1 saturated carbocycles. The van der Waals surface area contributed by atoms with Gasteiger partial charge in [0.2, 0.25) is 0 Å². The molecular weight excluding hydrogens is 234 g/mol. The predicted octanol–water partition coefficient (Wildman–Crippen LogP) is 0.822. The van der Waals surface area contributed by atoms with Crippen LogP contribution in [0.2, 0.25) is 0 Å². The fourth-order valence-corrected chi connectivity index (χ4v) is 2.01. The van der Waals surface area contributed by atoms with Crippen molar-refractivity contribution < 1.29 is 18.9 Å². The summed E-state index contributed by atoms with van der Waals surface area (Å²) in [5.74, 6) is 0. The molecular formula is C13H27NO4. The molecule has 5 nitrogen and oxygen atoms in total. The van der Waals surface area contributed by atoms with Gasteiger partial charge >= 0.3 is 0 Å². The first-order valence-electron chi connectivity index (χ1n) is 6.80. The van der Waals surface area contributed by atoms with Crippen LogP contribution in [0.4, 0.5) is 0 Å². The number of ether oxygens (including phenoxy) is 4. The van der Waals surface area contributed by atoms with Crippen LogP contribution in [0.15, 0.2) is 0 Å². The molecule has 0 radical (unpaired) electrons. The summed E-state index contributed by atoms with van der Waals surface area (Å²) in [6, 6.07) is 0.427. The van der Waals surface area contributed by atoms with Gasteiger partial charge in [-0.15, -0.1) is 0 Å². The second-order valence-corrected chi connectivity index (χ2v) is 4.48. The number of likely N-dealkylation sites (N-methyl/N-ethyl adjacent to an activating group) is 1. The fraction of sp³-hybridized carbons (Fsp3) is 1.00. The van der Waals surface area contributed by atoms with Gasteiger partial charge in [-0.3, -0.25) is 0 Å². The van der Waals surface area contributed by atoms with E-state index in [4.69, 9.17) is 18.9 Å². The highest BCUT2D eigenvalue weighted by atomic mass is 16.6. The molecule has 0 aliphatic heterocycles. The summed E-state index contributed by atoms with van der Waals surface area (Å²) >= 11 is 0. The summed E-state index contributed by atoms with van der Waals surface area (Å²) in [6.45, 7) is 5.41. The second-order valence-electron chi connectivity index (χ2n) is 4.48. The lowest BCUT2D eigenvalue weighted by Crippen LogP contribution is -2.59. The first kappa shape index (κ1) is 15.9. The first-order chi connectivity index (χ1) is 8.83. The van der Waals surface area contributed by atoms with E-state index < -0.39 is 0 Å². The molecule has 3 atom stereocenters. The van der Waals surface area contributed by atoms with Gasteiger partial charge in [-0.25, -0.2) is 0 Å². The summed E-state index contributed by atoms with van der Waals surface area (Å²) in [7, 11) is 3.64. The molecule has 1 rings (SSSR count). The van der Waals surface area contributed by atoms with Crippen molar-refractivity contribution in [1.82, 2.24) is 5.32 Å². The minimum atomic E-state index is 0.189. The number of nitrogens with one attached hydrogen (secondary N) is 1. The van der Waals surface area contributed by atoms with Gasteiger partial charge in [-0.2, -0.15) is 0 Å². The van der Waals surface area contributed by atoms with Gasteiger partial charge in [0, 0.05) is 19.8 Å². The Morgan fingerprint density at radius 3 is 2.50 bits per heavy atom. The standard InChI is InChI=1S/C13H27NO4/c1-4-5-18-13-11(14-2)10-12(13)17-9-8-16-7-6-15-3/h11-14H,4-10H2,1-3H3. The van der Waals surface area contributed by atoms with E-state index in [2.05, 4.69) is 12.2 Å². The van der Waals surface area contributed by atoms with Crippen LogP contribution < -0.4 is 5.32 Å². The Kier molecular flexibility index (Phi) is 8.54. The molecule has 0 spiro atoms. The molecule has 0 saturated heterocycles. The van der Waals surface area contributed by atoms with Crippen molar-refractivity contribution in [1.29, 1.82) is 0 Å². The van der Waals surface area contributed by atoms with Crippen molar-refractivity contribution in [2.75, 3.05) is 47.2 Å². The third-order valence-corrected chi connectivity index (χ3v) is 3.13. The van der Waals surface area contributed by atoms with Crippen LogP contribution in [-0.4, -0.2) is 65.4 Å². The van der Waals surface area contributed by atoms with Gasteiger partial charge in [-0.05, 0) is 19.9 Å². The zero-order valence-corrected chi connectivity index (χ0v) is 11.8. The highest BCUT2D eigenvalue weighted by molar-refractivity contribution is 4.96. The summed E-state index contributed by atoms with van der Waals surface area (Å²) in [5.41, 5.74) is 0. The minimum absolute atomic E-state index is 0.189. The first-order valence-corrected chi connectivity index (χ1v) is 6.80. The highest BCUT2D eigenvalue weighted by Gasteiger charge is 2.41. The number of rotatable bonds is 11. The number of hydrogen-bond acceptors (Lipinski definition) is 5. The Hall–Kier alpha value is -0.200. The van der Waals surface area contributed by atoms with Gasteiger partial charge < -0.3 is 24.3 Å². The highest BCUT2D eigenvalue weighted by Crippen LogP contribution is 2.27. The maximum absolute atomic E-state index is 5.79. The SMILES string of the molecule is CCCOC1C(NC)CC1OCCOCCOC. The fourth-order valence-electron chi connectivity index (χ4n) is 2.01. The summed E-state index contributed by atoms with van der Waals surface area (Å²) in [6.07, 6.45) is 2.46. The Morgan fingerprint density at radius 1 is 1.06 bits per heavy atom. The van der Waals surface area contributed by atoms with Crippen molar-refractivity contribution >= 4 is 0 Å². The van der Waals surface area contributed by atoms with Crippen LogP contribution >= 0.6 is 0 Å². The molecule has 3 unspecified atom stereocenters. The maximum Gasteiger partial charge on any atom is 0.0990 e. The molecule has 0 amide bonds. The average molecular weight is 261 g/mol. The van der Waals surface area contributed by atoms with E-state index >= 15 is 0 Å². The summed E-state index contributed by atoms with van der Waals surface area (Å²) in [5, 5.41) is 3.26. The smallest absolute Gasteiger partial charge is 0.0990 e. The second kappa shape index (κ2) is 9.69. The van der Waals surface area contributed by atoms with Gasteiger partial charge in [0.15, 0.2) is 0 Å². The van der Waals surface area contributed by atoms with Crippen molar-refractivity contribution in [3.05, 3.63) is 0 Å². The zero-order valence-electron chi connectivity index (χ0n) is 11.8. The molecule has 0 aromatic heterocycles. The molecule has 0 bridgehead atoms. The molecule has 1 fully saturated rings. The molecule has 1 aliphatic rings. The van der Waals surface area contributed by atoms with E-state index in [0.29, 0.717) is 32.5 Å².